The molecular weight excluding hydrogens is 278 g/mol. The molecule has 2 aromatic rings. The van der Waals surface area contributed by atoms with Crippen molar-refractivity contribution in [3.63, 3.8) is 0 Å². The molecule has 21 heavy (non-hydrogen) atoms. The Morgan fingerprint density at radius 2 is 2.05 bits per heavy atom. The van der Waals surface area contributed by atoms with E-state index in [2.05, 4.69) is 5.10 Å². The van der Waals surface area contributed by atoms with Gasteiger partial charge in [0.25, 0.3) is 0 Å². The monoisotopic (exact) mass is 294 g/mol. The molecule has 0 aliphatic carbocycles. The Morgan fingerprint density at radius 3 is 2.67 bits per heavy atom. The van der Waals surface area contributed by atoms with E-state index in [0.717, 1.165) is 12.1 Å². The van der Waals surface area contributed by atoms with Gasteiger partial charge in [-0.05, 0) is 18.1 Å². The summed E-state index contributed by atoms with van der Waals surface area (Å²) in [5.41, 5.74) is 0.379. The number of hydrogen-bond acceptors (Lipinski definition) is 2. The third-order valence-corrected chi connectivity index (χ3v) is 2.97. The van der Waals surface area contributed by atoms with E-state index in [4.69, 9.17) is 5.11 Å². The number of carbonyl (C=O) groups is 1. The lowest BCUT2D eigenvalue weighted by molar-refractivity contribution is -0.136. The number of aliphatic carboxylic acids is 1. The fourth-order valence-electron chi connectivity index (χ4n) is 2.08. The van der Waals surface area contributed by atoms with Crippen LogP contribution in [-0.2, 0) is 17.8 Å². The van der Waals surface area contributed by atoms with E-state index < -0.39 is 24.0 Å². The first-order valence-electron chi connectivity index (χ1n) is 6.59. The molecule has 0 unspecified atom stereocenters. The molecule has 0 amide bonds. The molecule has 0 bridgehead atoms. The van der Waals surface area contributed by atoms with Gasteiger partial charge < -0.3 is 5.11 Å². The fourth-order valence-corrected chi connectivity index (χ4v) is 2.08. The molecule has 2 rings (SSSR count). The van der Waals surface area contributed by atoms with Gasteiger partial charge in [-0.3, -0.25) is 9.48 Å². The van der Waals surface area contributed by atoms with Crippen molar-refractivity contribution in [1.29, 1.82) is 0 Å². The number of halogens is 2. The summed E-state index contributed by atoms with van der Waals surface area (Å²) in [5.74, 6) is -2.20. The average molecular weight is 294 g/mol. The SMILES string of the molecule is CC(C)Cn1cc(-c2cc(F)c(CC(=O)O)cc2F)cn1. The van der Waals surface area contributed by atoms with Gasteiger partial charge >= 0.3 is 5.97 Å². The van der Waals surface area contributed by atoms with Gasteiger partial charge in [-0.1, -0.05) is 13.8 Å². The molecule has 0 atom stereocenters. The highest BCUT2D eigenvalue weighted by molar-refractivity contribution is 5.71. The summed E-state index contributed by atoms with van der Waals surface area (Å²) >= 11 is 0. The summed E-state index contributed by atoms with van der Waals surface area (Å²) in [5, 5.41) is 12.8. The molecule has 6 heteroatoms. The molecule has 0 aliphatic rings. The second-order valence-electron chi connectivity index (χ2n) is 5.34. The van der Waals surface area contributed by atoms with E-state index in [1.807, 2.05) is 13.8 Å². The van der Waals surface area contributed by atoms with Crippen LogP contribution in [0, 0.1) is 17.6 Å². The lowest BCUT2D eigenvalue weighted by Gasteiger charge is -2.06. The number of aromatic nitrogens is 2. The minimum Gasteiger partial charge on any atom is -0.481 e. The minimum atomic E-state index is -1.20. The normalized spacial score (nSPS) is 11.1. The van der Waals surface area contributed by atoms with Crippen LogP contribution >= 0.6 is 0 Å². The van der Waals surface area contributed by atoms with Crippen LogP contribution in [0.4, 0.5) is 8.78 Å². The highest BCUT2D eigenvalue weighted by Gasteiger charge is 2.15. The number of nitrogens with zero attached hydrogens (tertiary/aromatic N) is 2. The molecular formula is C15H16F2N2O2. The number of hydrogen-bond donors (Lipinski definition) is 1. The zero-order valence-electron chi connectivity index (χ0n) is 11.8. The van der Waals surface area contributed by atoms with Crippen LogP contribution < -0.4 is 0 Å². The lowest BCUT2D eigenvalue weighted by atomic mass is 10.0. The zero-order valence-corrected chi connectivity index (χ0v) is 11.8. The van der Waals surface area contributed by atoms with E-state index >= 15 is 0 Å². The average Bonchev–Trinajstić information content (AvgIpc) is 2.80. The Hall–Kier alpha value is -2.24. The van der Waals surface area contributed by atoms with Crippen molar-refractivity contribution in [2.45, 2.75) is 26.8 Å². The van der Waals surface area contributed by atoms with Gasteiger partial charge in [-0.25, -0.2) is 8.78 Å². The summed E-state index contributed by atoms with van der Waals surface area (Å²) in [6, 6.07) is 1.95. The highest BCUT2D eigenvalue weighted by Crippen LogP contribution is 2.25. The predicted molar refractivity (Wildman–Crippen MR) is 73.8 cm³/mol. The van der Waals surface area contributed by atoms with Gasteiger partial charge in [0.2, 0.25) is 0 Å². The molecule has 0 aliphatic heterocycles. The van der Waals surface area contributed by atoms with Crippen LogP contribution in [0.5, 0.6) is 0 Å². The van der Waals surface area contributed by atoms with Crippen molar-refractivity contribution >= 4 is 5.97 Å². The molecule has 1 aromatic carbocycles. The molecule has 1 N–H and O–H groups in total. The largest absolute Gasteiger partial charge is 0.481 e. The summed E-state index contributed by atoms with van der Waals surface area (Å²) in [7, 11) is 0. The minimum absolute atomic E-state index is 0.0802. The Kier molecular flexibility index (Phi) is 4.35. The summed E-state index contributed by atoms with van der Waals surface area (Å²) in [6.07, 6.45) is 2.57. The second-order valence-corrected chi connectivity index (χ2v) is 5.34. The van der Waals surface area contributed by atoms with Crippen LogP contribution in [0.15, 0.2) is 24.5 Å². The van der Waals surface area contributed by atoms with Gasteiger partial charge in [0.05, 0.1) is 12.6 Å². The summed E-state index contributed by atoms with van der Waals surface area (Å²) < 4.78 is 29.5. The molecule has 0 fully saturated rings. The quantitative estimate of drug-likeness (QED) is 0.922. The van der Waals surface area contributed by atoms with E-state index in [9.17, 15) is 13.6 Å². The first-order chi connectivity index (χ1) is 9.86. The molecule has 0 spiro atoms. The van der Waals surface area contributed by atoms with Gasteiger partial charge in [0.1, 0.15) is 11.6 Å². The first kappa shape index (κ1) is 15.2. The topological polar surface area (TPSA) is 55.1 Å². The van der Waals surface area contributed by atoms with Crippen LogP contribution in [0.2, 0.25) is 0 Å². The molecule has 1 aromatic heterocycles. The Labute approximate surface area is 121 Å². The maximum atomic E-state index is 14.0. The van der Waals surface area contributed by atoms with E-state index in [-0.39, 0.29) is 11.1 Å². The maximum absolute atomic E-state index is 14.0. The van der Waals surface area contributed by atoms with Crippen molar-refractivity contribution in [2.75, 3.05) is 0 Å². The lowest BCUT2D eigenvalue weighted by Crippen LogP contribution is -2.04. The van der Waals surface area contributed by atoms with Crippen molar-refractivity contribution in [2.24, 2.45) is 5.92 Å². The zero-order chi connectivity index (χ0) is 15.6. The smallest absolute Gasteiger partial charge is 0.307 e. The van der Waals surface area contributed by atoms with Crippen molar-refractivity contribution < 1.29 is 18.7 Å². The molecule has 0 radical (unpaired) electrons. The van der Waals surface area contributed by atoms with Crippen molar-refractivity contribution in [1.82, 2.24) is 9.78 Å². The third-order valence-electron chi connectivity index (χ3n) is 2.97. The van der Waals surface area contributed by atoms with Crippen LogP contribution in [-0.4, -0.2) is 20.9 Å². The number of rotatable bonds is 5. The van der Waals surface area contributed by atoms with Crippen molar-refractivity contribution in [3.05, 3.63) is 41.7 Å². The fraction of sp³-hybridized carbons (Fsp3) is 0.333. The van der Waals surface area contributed by atoms with E-state index in [1.165, 1.54) is 6.20 Å². The maximum Gasteiger partial charge on any atom is 0.307 e. The third kappa shape index (κ3) is 3.65. The van der Waals surface area contributed by atoms with Gasteiger partial charge in [-0.2, -0.15) is 5.10 Å². The van der Waals surface area contributed by atoms with E-state index in [1.54, 1.807) is 10.9 Å². The summed E-state index contributed by atoms with van der Waals surface area (Å²) in [4.78, 5) is 10.6. The van der Waals surface area contributed by atoms with Crippen LogP contribution in [0.3, 0.4) is 0 Å². The van der Waals surface area contributed by atoms with Gasteiger partial charge in [-0.15, -0.1) is 0 Å². The van der Waals surface area contributed by atoms with Crippen LogP contribution in [0.25, 0.3) is 11.1 Å². The second kappa shape index (κ2) is 6.03. The number of carboxylic acid groups (broad SMARTS) is 1. The molecule has 1 heterocycles. The number of benzene rings is 1. The van der Waals surface area contributed by atoms with Gasteiger partial charge in [0.15, 0.2) is 0 Å². The first-order valence-corrected chi connectivity index (χ1v) is 6.59. The Balaban J connectivity index is 2.34. The van der Waals surface area contributed by atoms with Crippen LogP contribution in [0.1, 0.15) is 19.4 Å². The standard InChI is InChI=1S/C15H16F2N2O2/c1-9(2)7-19-8-11(6-18-19)12-5-13(16)10(3-14(12)17)4-15(20)21/h3,5-6,8-9H,4,7H2,1-2H3,(H,20,21). The number of carboxylic acids is 1. The summed E-state index contributed by atoms with van der Waals surface area (Å²) in [6.45, 7) is 4.74. The molecule has 0 saturated heterocycles. The molecule has 112 valence electrons. The van der Waals surface area contributed by atoms with Crippen molar-refractivity contribution in [3.8, 4) is 11.1 Å². The molecule has 4 nitrogen and oxygen atoms in total. The molecule has 0 saturated carbocycles. The highest BCUT2D eigenvalue weighted by atomic mass is 19.1. The Morgan fingerprint density at radius 1 is 1.33 bits per heavy atom. The Bertz CT molecular complexity index is 666. The van der Waals surface area contributed by atoms with Gasteiger partial charge in [0, 0.05) is 29.4 Å². The predicted octanol–water partition coefficient (Wildman–Crippen LogP) is 3.11. The van der Waals surface area contributed by atoms with E-state index in [0.29, 0.717) is 18.0 Å².